The van der Waals surface area contributed by atoms with Crippen molar-refractivity contribution >= 4 is 23.4 Å². The van der Waals surface area contributed by atoms with Gasteiger partial charge in [-0.25, -0.2) is 4.79 Å². The molecule has 0 aliphatic carbocycles. The van der Waals surface area contributed by atoms with Crippen LogP contribution in [-0.4, -0.2) is 81.2 Å². The molecule has 1 heterocycles. The summed E-state index contributed by atoms with van der Waals surface area (Å²) in [5, 5.41) is 28.6. The minimum absolute atomic E-state index is 0.00742. The fourth-order valence-corrected chi connectivity index (χ4v) is 3.16. The molecule has 14 heteroatoms. The Morgan fingerprint density at radius 1 is 0.892 bits per heavy atom. The number of hydrogen-bond donors (Lipinski definition) is 4. The van der Waals surface area contributed by atoms with E-state index in [2.05, 4.69) is 21.1 Å². The Morgan fingerprint density at radius 2 is 1.32 bits per heavy atom. The predicted octanol–water partition coefficient (Wildman–Crippen LogP) is -1.12. The Hall–Kier alpha value is -3.52. The second-order valence-corrected chi connectivity index (χ2v) is 8.32. The van der Waals surface area contributed by atoms with Gasteiger partial charge in [-0.05, 0) is 34.6 Å². The zero-order valence-corrected chi connectivity index (χ0v) is 22.0. The molecule has 4 N–H and O–H groups in total. The Labute approximate surface area is 215 Å². The number of nitrogens with zero attached hydrogens (tertiary/aromatic N) is 4. The van der Waals surface area contributed by atoms with Crippen molar-refractivity contribution in [1.29, 1.82) is 0 Å². The molecule has 1 rings (SSSR count). The quantitative estimate of drug-likeness (QED) is 0.117. The monoisotopic (exact) mass is 526 g/mol. The second kappa shape index (κ2) is 16.3. The van der Waals surface area contributed by atoms with Gasteiger partial charge in [0, 0.05) is 23.2 Å². The maximum atomic E-state index is 12.9. The van der Waals surface area contributed by atoms with E-state index in [0.717, 1.165) is 4.57 Å². The lowest BCUT2D eigenvalue weighted by molar-refractivity contribution is -0.142. The second-order valence-electron chi connectivity index (χ2n) is 8.32. The maximum absolute atomic E-state index is 12.9. The van der Waals surface area contributed by atoms with Crippen molar-refractivity contribution in [3.8, 4) is 0 Å². The molecular formula is C23H38N6O8. The Balaban J connectivity index is 2.75. The largest absolute Gasteiger partial charge is 0.466 e. The summed E-state index contributed by atoms with van der Waals surface area (Å²) < 4.78 is 11.8. The summed E-state index contributed by atoms with van der Waals surface area (Å²) in [6.07, 6.45) is -2.17. The molecule has 37 heavy (non-hydrogen) atoms. The van der Waals surface area contributed by atoms with E-state index in [1.165, 1.54) is 10.6 Å². The molecular weight excluding hydrogens is 488 g/mol. The van der Waals surface area contributed by atoms with Gasteiger partial charge in [0.05, 0.1) is 64.4 Å². The zero-order valence-electron chi connectivity index (χ0n) is 22.0. The fourth-order valence-electron chi connectivity index (χ4n) is 3.16. The molecule has 14 nitrogen and oxygen atoms in total. The van der Waals surface area contributed by atoms with Crippen LogP contribution in [0.3, 0.4) is 0 Å². The molecule has 0 aromatic carbocycles. The summed E-state index contributed by atoms with van der Waals surface area (Å²) >= 11 is 0. The Morgan fingerprint density at radius 3 is 1.76 bits per heavy atom. The number of carbonyl (C=O) groups excluding carboxylic acids is 2. The van der Waals surface area contributed by atoms with Crippen LogP contribution in [-0.2, 0) is 32.2 Å². The van der Waals surface area contributed by atoms with E-state index < -0.39 is 35.4 Å². The van der Waals surface area contributed by atoms with Crippen LogP contribution < -0.4 is 22.1 Å². The number of aromatic nitrogens is 2. The number of rotatable bonds is 16. The van der Waals surface area contributed by atoms with E-state index in [0.29, 0.717) is 17.1 Å². The number of hydrazone groups is 2. The van der Waals surface area contributed by atoms with Gasteiger partial charge >= 0.3 is 17.6 Å². The standard InChI is InChI=1S/C23H38N6O8/c1-6-36-21(33)8-15(3)26-24-11-18(30)13-28-17(5)10-20(32)29(23(28)35)14-19(31)12-25-27-16(4)9-22(34)37-7-2/h10,18-19,24-25,30-31H,6-9,11-14H2,1-5H3. The van der Waals surface area contributed by atoms with Crippen molar-refractivity contribution in [1.82, 2.24) is 20.0 Å². The molecule has 0 aliphatic heterocycles. The highest BCUT2D eigenvalue weighted by atomic mass is 16.5. The highest BCUT2D eigenvalue weighted by molar-refractivity contribution is 5.97. The maximum Gasteiger partial charge on any atom is 0.331 e. The minimum Gasteiger partial charge on any atom is -0.466 e. The molecule has 0 fully saturated rings. The summed E-state index contributed by atoms with van der Waals surface area (Å²) in [5.41, 5.74) is 5.26. The van der Waals surface area contributed by atoms with E-state index in [-0.39, 0.29) is 52.2 Å². The normalized spacial score (nSPS) is 13.6. The third-order valence-corrected chi connectivity index (χ3v) is 4.88. The van der Waals surface area contributed by atoms with E-state index in [1.54, 1.807) is 34.6 Å². The Kier molecular flexibility index (Phi) is 13.9. The summed E-state index contributed by atoms with van der Waals surface area (Å²) in [6.45, 7) is 8.23. The molecule has 0 saturated carbocycles. The summed E-state index contributed by atoms with van der Waals surface area (Å²) in [6, 6.07) is 1.24. The van der Waals surface area contributed by atoms with Crippen molar-refractivity contribution in [3.63, 3.8) is 0 Å². The molecule has 0 saturated heterocycles. The number of aliphatic hydroxyl groups is 2. The average Bonchev–Trinajstić information content (AvgIpc) is 2.79. The third-order valence-electron chi connectivity index (χ3n) is 4.88. The van der Waals surface area contributed by atoms with Crippen LogP contribution in [0.5, 0.6) is 0 Å². The number of esters is 2. The summed E-state index contributed by atoms with van der Waals surface area (Å²) in [4.78, 5) is 48.2. The number of ether oxygens (including phenoxy) is 2. The van der Waals surface area contributed by atoms with Crippen LogP contribution in [0, 0.1) is 6.92 Å². The first kappa shape index (κ1) is 31.5. The van der Waals surface area contributed by atoms with Gasteiger partial charge in [-0.15, -0.1) is 0 Å². The molecule has 0 aliphatic rings. The third kappa shape index (κ3) is 11.8. The van der Waals surface area contributed by atoms with Gasteiger partial charge in [-0.2, -0.15) is 10.2 Å². The summed E-state index contributed by atoms with van der Waals surface area (Å²) in [7, 11) is 0. The first-order valence-electron chi connectivity index (χ1n) is 12.0. The first-order valence-corrected chi connectivity index (χ1v) is 12.0. The van der Waals surface area contributed by atoms with Gasteiger partial charge in [-0.1, -0.05) is 0 Å². The highest BCUT2D eigenvalue weighted by Gasteiger charge is 2.16. The number of nitrogens with one attached hydrogen (secondary N) is 2. The molecule has 2 atom stereocenters. The van der Waals surface area contributed by atoms with Crippen molar-refractivity contribution < 1.29 is 29.3 Å². The smallest absolute Gasteiger partial charge is 0.331 e. The SMILES string of the molecule is CCOC(=O)CC(C)=NNCC(O)Cn1c(C)cc(=O)n(CC(O)CNN=C(C)CC(=O)OCC)c1=O. The van der Waals surface area contributed by atoms with Crippen molar-refractivity contribution in [3.05, 3.63) is 32.6 Å². The van der Waals surface area contributed by atoms with Crippen molar-refractivity contribution in [2.45, 2.75) is 72.8 Å². The van der Waals surface area contributed by atoms with E-state index in [9.17, 15) is 29.4 Å². The Bertz CT molecular complexity index is 1080. The van der Waals surface area contributed by atoms with E-state index in [1.807, 2.05) is 0 Å². The number of aryl methyl sites for hydroxylation is 1. The topological polar surface area (TPSA) is 186 Å². The lowest BCUT2D eigenvalue weighted by atomic mass is 10.3. The predicted molar refractivity (Wildman–Crippen MR) is 136 cm³/mol. The van der Waals surface area contributed by atoms with E-state index >= 15 is 0 Å². The van der Waals surface area contributed by atoms with Gasteiger partial charge in [0.25, 0.3) is 5.56 Å². The molecule has 1 aromatic heterocycles. The molecule has 0 radical (unpaired) electrons. The fraction of sp³-hybridized carbons (Fsp3) is 0.652. The van der Waals surface area contributed by atoms with Crippen LogP contribution >= 0.6 is 0 Å². The highest BCUT2D eigenvalue weighted by Crippen LogP contribution is 1.97. The molecule has 0 spiro atoms. The van der Waals surface area contributed by atoms with Crippen LogP contribution in [0.4, 0.5) is 0 Å². The molecule has 0 amide bonds. The van der Waals surface area contributed by atoms with Crippen LogP contribution in [0.2, 0.25) is 0 Å². The lowest BCUT2D eigenvalue weighted by Gasteiger charge is -2.18. The molecule has 1 aromatic rings. The first-order chi connectivity index (χ1) is 17.5. The van der Waals surface area contributed by atoms with Gasteiger partial charge in [-0.3, -0.25) is 23.5 Å². The average molecular weight is 527 g/mol. The van der Waals surface area contributed by atoms with Gasteiger partial charge in [0.15, 0.2) is 0 Å². The number of carbonyl (C=O) groups is 2. The minimum atomic E-state index is -1.14. The number of aliphatic hydroxyl groups excluding tert-OH is 2. The van der Waals surface area contributed by atoms with Crippen LogP contribution in [0.1, 0.15) is 46.2 Å². The van der Waals surface area contributed by atoms with Gasteiger partial charge in [0.1, 0.15) is 0 Å². The van der Waals surface area contributed by atoms with Crippen molar-refractivity contribution in [2.75, 3.05) is 26.3 Å². The van der Waals surface area contributed by atoms with Crippen molar-refractivity contribution in [2.24, 2.45) is 10.2 Å². The van der Waals surface area contributed by atoms with Crippen LogP contribution in [0.25, 0.3) is 0 Å². The van der Waals surface area contributed by atoms with Gasteiger partial charge in [0.2, 0.25) is 0 Å². The summed E-state index contributed by atoms with van der Waals surface area (Å²) in [5.74, 6) is -0.833. The molecule has 0 bridgehead atoms. The molecule has 2 unspecified atom stereocenters. The zero-order chi connectivity index (χ0) is 28.0. The van der Waals surface area contributed by atoms with Crippen LogP contribution in [0.15, 0.2) is 25.9 Å². The van der Waals surface area contributed by atoms with Gasteiger partial charge < -0.3 is 30.5 Å². The number of hydrogen-bond acceptors (Lipinski definition) is 12. The molecule has 208 valence electrons. The van der Waals surface area contributed by atoms with E-state index in [4.69, 9.17) is 9.47 Å². The lowest BCUT2D eigenvalue weighted by Crippen LogP contribution is -2.46.